The first-order valence-electron chi connectivity index (χ1n) is 12.2. The number of hydrogen-bond acceptors (Lipinski definition) is 1. The van der Waals surface area contributed by atoms with Gasteiger partial charge in [0, 0.05) is 0 Å². The van der Waals surface area contributed by atoms with Crippen molar-refractivity contribution < 1.29 is 4.74 Å². The van der Waals surface area contributed by atoms with Crippen LogP contribution in [-0.2, 0) is 0 Å². The van der Waals surface area contributed by atoms with Gasteiger partial charge in [0.05, 0.1) is 0 Å². The Bertz CT molecular complexity index is 1240. The van der Waals surface area contributed by atoms with Crippen LogP contribution in [0.4, 0.5) is 0 Å². The zero-order valence-corrected chi connectivity index (χ0v) is 21.3. The summed E-state index contributed by atoms with van der Waals surface area (Å²) in [6.07, 6.45) is 1.13. The first-order valence-corrected chi connectivity index (χ1v) is 12.2. The minimum absolute atomic E-state index is 0.0336. The molecule has 2 atom stereocenters. The smallest absolute Gasteiger partial charge is 0.122 e. The van der Waals surface area contributed by atoms with E-state index in [0.717, 1.165) is 12.2 Å². The van der Waals surface area contributed by atoms with E-state index in [-0.39, 0.29) is 11.5 Å². The second-order valence-electron chi connectivity index (χ2n) is 11.8. The minimum atomic E-state index is -0.0336. The Morgan fingerprint density at radius 3 is 1.91 bits per heavy atom. The Morgan fingerprint density at radius 1 is 0.697 bits per heavy atom. The Hall–Kier alpha value is -2.80. The maximum absolute atomic E-state index is 6.44. The van der Waals surface area contributed by atoms with E-state index in [1.54, 1.807) is 0 Å². The van der Waals surface area contributed by atoms with Gasteiger partial charge in [0.25, 0.3) is 0 Å². The van der Waals surface area contributed by atoms with Crippen LogP contribution in [0.2, 0.25) is 0 Å². The molecule has 0 amide bonds. The van der Waals surface area contributed by atoms with E-state index in [1.807, 2.05) is 0 Å². The third kappa shape index (κ3) is 5.41. The van der Waals surface area contributed by atoms with Gasteiger partial charge in [-0.2, -0.15) is 0 Å². The van der Waals surface area contributed by atoms with Gasteiger partial charge in [-0.1, -0.05) is 96.1 Å². The fourth-order valence-corrected chi connectivity index (χ4v) is 4.93. The zero-order chi connectivity index (χ0) is 23.8. The quantitative estimate of drug-likeness (QED) is 0.282. The van der Waals surface area contributed by atoms with Crippen molar-refractivity contribution in [3.63, 3.8) is 0 Å². The van der Waals surface area contributed by atoms with Gasteiger partial charge < -0.3 is 4.74 Å². The van der Waals surface area contributed by atoms with E-state index >= 15 is 0 Å². The molecule has 0 aliphatic rings. The number of hydrogen-bond donors (Lipinski definition) is 0. The minimum Gasteiger partial charge on any atom is -0.486 e. The van der Waals surface area contributed by atoms with Gasteiger partial charge in [0.2, 0.25) is 0 Å². The van der Waals surface area contributed by atoms with Gasteiger partial charge >= 0.3 is 0 Å². The van der Waals surface area contributed by atoms with E-state index in [9.17, 15) is 0 Å². The van der Waals surface area contributed by atoms with E-state index in [1.165, 1.54) is 32.7 Å². The fraction of sp³-hybridized carbons (Fsp3) is 0.375. The van der Waals surface area contributed by atoms with Crippen LogP contribution in [0.25, 0.3) is 21.5 Å². The standard InChI is InChI=1S/C32H38O/c1-22(28-14-10-13-26-19-24-11-8-9-12-25(24)20-29(26)28)33-27-17-15-23(16-18-27)30(32(5,6)7)21-31(2,3)4/h8-20,22,30H,21H2,1-7H3. The predicted molar refractivity (Wildman–Crippen MR) is 143 cm³/mol. The highest BCUT2D eigenvalue weighted by atomic mass is 16.5. The summed E-state index contributed by atoms with van der Waals surface area (Å²) in [5.74, 6) is 1.43. The number of rotatable bonds is 5. The molecule has 4 aromatic rings. The number of ether oxygens (including phenoxy) is 1. The lowest BCUT2D eigenvalue weighted by atomic mass is 9.69. The molecule has 1 nitrogen and oxygen atoms in total. The zero-order valence-electron chi connectivity index (χ0n) is 21.3. The molecular formula is C32H38O. The van der Waals surface area contributed by atoms with Crippen LogP contribution < -0.4 is 4.74 Å². The molecule has 0 N–H and O–H groups in total. The summed E-state index contributed by atoms with van der Waals surface area (Å²) in [7, 11) is 0. The Labute approximate surface area is 199 Å². The highest BCUT2D eigenvalue weighted by Crippen LogP contribution is 2.43. The summed E-state index contributed by atoms with van der Waals surface area (Å²) in [5.41, 5.74) is 3.13. The van der Waals surface area contributed by atoms with Crippen LogP contribution in [0.15, 0.2) is 78.9 Å². The van der Waals surface area contributed by atoms with Crippen LogP contribution in [0.3, 0.4) is 0 Å². The van der Waals surface area contributed by atoms with Crippen LogP contribution in [-0.4, -0.2) is 0 Å². The lowest BCUT2D eigenvalue weighted by molar-refractivity contribution is 0.224. The molecule has 0 aliphatic carbocycles. The molecule has 172 valence electrons. The van der Waals surface area contributed by atoms with Gasteiger partial charge in [0.1, 0.15) is 11.9 Å². The fourth-order valence-electron chi connectivity index (χ4n) is 4.93. The third-order valence-corrected chi connectivity index (χ3v) is 6.68. The van der Waals surface area contributed by atoms with Crippen molar-refractivity contribution in [3.8, 4) is 5.75 Å². The average Bonchev–Trinajstić information content (AvgIpc) is 2.75. The molecule has 0 heterocycles. The summed E-state index contributed by atoms with van der Waals surface area (Å²) in [6.45, 7) is 16.2. The third-order valence-electron chi connectivity index (χ3n) is 6.68. The molecule has 2 unspecified atom stereocenters. The van der Waals surface area contributed by atoms with Crippen molar-refractivity contribution in [3.05, 3.63) is 90.0 Å². The lowest BCUT2D eigenvalue weighted by Crippen LogP contribution is -2.23. The van der Waals surface area contributed by atoms with E-state index in [4.69, 9.17) is 4.74 Å². The van der Waals surface area contributed by atoms with Gasteiger partial charge in [0.15, 0.2) is 0 Å². The first-order chi connectivity index (χ1) is 15.5. The molecule has 0 fully saturated rings. The van der Waals surface area contributed by atoms with Crippen LogP contribution >= 0.6 is 0 Å². The predicted octanol–water partition coefficient (Wildman–Crippen LogP) is 9.70. The summed E-state index contributed by atoms with van der Waals surface area (Å²) < 4.78 is 6.44. The molecular weight excluding hydrogens is 400 g/mol. The molecule has 4 aromatic carbocycles. The molecule has 0 bridgehead atoms. The first kappa shape index (κ1) is 23.4. The molecule has 0 saturated heterocycles. The maximum atomic E-state index is 6.44. The normalized spacial score (nSPS) is 14.4. The maximum Gasteiger partial charge on any atom is 0.122 e. The summed E-state index contributed by atoms with van der Waals surface area (Å²) >= 11 is 0. The second-order valence-corrected chi connectivity index (χ2v) is 11.8. The molecule has 33 heavy (non-hydrogen) atoms. The van der Waals surface area contributed by atoms with Gasteiger partial charge in [-0.25, -0.2) is 0 Å². The van der Waals surface area contributed by atoms with E-state index in [0.29, 0.717) is 11.3 Å². The van der Waals surface area contributed by atoms with Crippen LogP contribution in [0.5, 0.6) is 5.75 Å². The topological polar surface area (TPSA) is 9.23 Å². The number of benzene rings is 4. The largest absolute Gasteiger partial charge is 0.486 e. The van der Waals surface area contributed by atoms with Crippen molar-refractivity contribution in [2.45, 2.75) is 66.9 Å². The Kier molecular flexibility index (Phi) is 6.27. The van der Waals surface area contributed by atoms with Crippen molar-refractivity contribution >= 4 is 21.5 Å². The molecule has 0 aromatic heterocycles. The summed E-state index contributed by atoms with van der Waals surface area (Å²) in [6, 6.07) is 28.5. The Balaban J connectivity index is 1.59. The van der Waals surface area contributed by atoms with Gasteiger partial charge in [-0.05, 0) is 87.0 Å². The summed E-state index contributed by atoms with van der Waals surface area (Å²) in [5, 5.41) is 5.06. The van der Waals surface area contributed by atoms with E-state index < -0.39 is 0 Å². The van der Waals surface area contributed by atoms with Gasteiger partial charge in [-0.15, -0.1) is 0 Å². The number of fused-ring (bicyclic) bond motifs is 2. The average molecular weight is 439 g/mol. The molecule has 0 radical (unpaired) electrons. The molecule has 1 heteroatoms. The second kappa shape index (κ2) is 8.86. The highest BCUT2D eigenvalue weighted by Gasteiger charge is 2.30. The van der Waals surface area contributed by atoms with Crippen molar-refractivity contribution in [2.24, 2.45) is 10.8 Å². The van der Waals surface area contributed by atoms with Crippen molar-refractivity contribution in [1.29, 1.82) is 0 Å². The highest BCUT2D eigenvalue weighted by molar-refractivity contribution is 5.99. The SMILES string of the molecule is CC(Oc1ccc(C(CC(C)(C)C)C(C)(C)C)cc1)c1cccc2cc3ccccc3cc12. The monoisotopic (exact) mass is 438 g/mol. The Morgan fingerprint density at radius 2 is 1.30 bits per heavy atom. The molecule has 0 saturated carbocycles. The molecule has 0 spiro atoms. The van der Waals surface area contributed by atoms with Crippen molar-refractivity contribution in [1.82, 2.24) is 0 Å². The van der Waals surface area contributed by atoms with Crippen LogP contribution in [0, 0.1) is 10.8 Å². The summed E-state index contributed by atoms with van der Waals surface area (Å²) in [4.78, 5) is 0. The van der Waals surface area contributed by atoms with Crippen LogP contribution in [0.1, 0.15) is 78.0 Å². The molecule has 4 rings (SSSR count). The lowest BCUT2D eigenvalue weighted by Gasteiger charge is -2.36. The van der Waals surface area contributed by atoms with E-state index in [2.05, 4.69) is 127 Å². The van der Waals surface area contributed by atoms with Gasteiger partial charge in [-0.3, -0.25) is 0 Å². The molecule has 0 aliphatic heterocycles. The van der Waals surface area contributed by atoms with Crippen molar-refractivity contribution in [2.75, 3.05) is 0 Å².